The Morgan fingerprint density at radius 2 is 1.57 bits per heavy atom. The summed E-state index contributed by atoms with van der Waals surface area (Å²) in [6.45, 7) is 2.53. The highest BCUT2D eigenvalue weighted by Crippen LogP contribution is 2.29. The number of hydrogen-bond acceptors (Lipinski definition) is 6. The van der Waals surface area contributed by atoms with E-state index < -0.39 is 0 Å². The number of benzene rings is 4. The first-order valence-electron chi connectivity index (χ1n) is 12.7. The van der Waals surface area contributed by atoms with Crippen molar-refractivity contribution in [1.29, 1.82) is 0 Å². The van der Waals surface area contributed by atoms with Crippen molar-refractivity contribution in [3.8, 4) is 34.0 Å². The van der Waals surface area contributed by atoms with Crippen LogP contribution in [0.15, 0.2) is 113 Å². The zero-order valence-corrected chi connectivity index (χ0v) is 23.3. The summed E-state index contributed by atoms with van der Waals surface area (Å²) in [6.07, 6.45) is 1.62. The highest BCUT2D eigenvalue weighted by Gasteiger charge is 2.17. The predicted octanol–water partition coefficient (Wildman–Crippen LogP) is 6.90. The minimum Gasteiger partial charge on any atom is -0.494 e. The molecule has 1 aromatic heterocycles. The summed E-state index contributed by atoms with van der Waals surface area (Å²) in [6, 6.07) is 33.2. The van der Waals surface area contributed by atoms with Gasteiger partial charge in [0.1, 0.15) is 5.75 Å². The minimum absolute atomic E-state index is 0.111. The number of halogens is 1. The molecule has 1 N–H and O–H groups in total. The van der Waals surface area contributed by atoms with Crippen molar-refractivity contribution >= 4 is 35.5 Å². The normalized spacial score (nSPS) is 11.1. The van der Waals surface area contributed by atoms with Gasteiger partial charge in [0.05, 0.1) is 18.6 Å². The maximum absolute atomic E-state index is 12.6. The van der Waals surface area contributed by atoms with Gasteiger partial charge in [-0.2, -0.15) is 5.10 Å². The van der Waals surface area contributed by atoms with E-state index in [1.54, 1.807) is 6.21 Å². The second kappa shape index (κ2) is 13.1. The molecule has 0 saturated heterocycles. The summed E-state index contributed by atoms with van der Waals surface area (Å²) in [4.78, 5) is 12.6. The van der Waals surface area contributed by atoms with Crippen LogP contribution in [0.25, 0.3) is 28.2 Å². The summed E-state index contributed by atoms with van der Waals surface area (Å²) < 4.78 is 7.50. The highest BCUT2D eigenvalue weighted by molar-refractivity contribution is 7.99. The van der Waals surface area contributed by atoms with Gasteiger partial charge in [0.25, 0.3) is 5.91 Å². The average Bonchev–Trinajstić information content (AvgIpc) is 3.42. The first-order valence-corrected chi connectivity index (χ1v) is 14.0. The van der Waals surface area contributed by atoms with Crippen molar-refractivity contribution in [1.82, 2.24) is 20.2 Å². The van der Waals surface area contributed by atoms with Gasteiger partial charge >= 0.3 is 0 Å². The molecule has 0 bridgehead atoms. The Labute approximate surface area is 241 Å². The molecule has 0 aliphatic rings. The number of hydrazone groups is 1. The number of carbonyl (C=O) groups is 1. The van der Waals surface area contributed by atoms with E-state index in [0.717, 1.165) is 33.7 Å². The number of nitrogens with zero attached hydrogens (tertiary/aromatic N) is 4. The monoisotopic (exact) mass is 567 g/mol. The van der Waals surface area contributed by atoms with Crippen LogP contribution in [0.2, 0.25) is 5.02 Å². The zero-order chi connectivity index (χ0) is 27.7. The molecule has 7 nitrogen and oxygen atoms in total. The van der Waals surface area contributed by atoms with Gasteiger partial charge in [0.15, 0.2) is 11.0 Å². The van der Waals surface area contributed by atoms with Gasteiger partial charge in [-0.1, -0.05) is 78.0 Å². The molecule has 40 heavy (non-hydrogen) atoms. The van der Waals surface area contributed by atoms with E-state index in [1.807, 2.05) is 102 Å². The maximum atomic E-state index is 12.6. The Bertz CT molecular complexity index is 1590. The van der Waals surface area contributed by atoms with Crippen molar-refractivity contribution in [2.24, 2.45) is 5.10 Å². The quantitative estimate of drug-likeness (QED) is 0.113. The zero-order valence-electron chi connectivity index (χ0n) is 21.7. The molecule has 0 fully saturated rings. The van der Waals surface area contributed by atoms with Crippen molar-refractivity contribution < 1.29 is 9.53 Å². The van der Waals surface area contributed by atoms with E-state index in [2.05, 4.69) is 32.9 Å². The molecular formula is C31H26ClN5O2S. The molecule has 1 amide bonds. The molecule has 5 aromatic rings. The lowest BCUT2D eigenvalue weighted by molar-refractivity contribution is -0.118. The molecule has 1 heterocycles. The second-order valence-electron chi connectivity index (χ2n) is 8.65. The second-order valence-corrected chi connectivity index (χ2v) is 10.0. The standard InChI is InChI=1S/C31H26ClN5O2S/c1-2-39-28-18-16-27(17-19-28)37-30(25-12-14-26(32)15-13-25)35-36-31(37)40-21-29(38)34-33-20-22-8-10-24(11-9-22)23-6-4-3-5-7-23/h3-20H,2,21H2,1H3,(H,34,38)/b33-20+. The molecule has 9 heteroatoms. The van der Waals surface area contributed by atoms with Crippen LogP contribution in [0.1, 0.15) is 12.5 Å². The molecule has 0 saturated carbocycles. The summed E-state index contributed by atoms with van der Waals surface area (Å²) in [5.41, 5.74) is 7.44. The van der Waals surface area contributed by atoms with Gasteiger partial charge in [0, 0.05) is 16.3 Å². The summed E-state index contributed by atoms with van der Waals surface area (Å²) in [7, 11) is 0. The smallest absolute Gasteiger partial charge is 0.250 e. The molecule has 0 unspecified atom stereocenters. The number of thioether (sulfide) groups is 1. The number of amides is 1. The molecule has 0 spiro atoms. The van der Waals surface area contributed by atoms with Crippen LogP contribution in [0, 0.1) is 0 Å². The van der Waals surface area contributed by atoms with Crippen LogP contribution in [-0.2, 0) is 4.79 Å². The van der Waals surface area contributed by atoms with Crippen LogP contribution < -0.4 is 10.2 Å². The maximum Gasteiger partial charge on any atom is 0.250 e. The molecule has 0 radical (unpaired) electrons. The third-order valence-corrected chi connectivity index (χ3v) is 7.08. The van der Waals surface area contributed by atoms with Gasteiger partial charge < -0.3 is 4.74 Å². The third-order valence-electron chi connectivity index (χ3n) is 5.89. The van der Waals surface area contributed by atoms with Gasteiger partial charge in [0.2, 0.25) is 0 Å². The third kappa shape index (κ3) is 6.77. The summed E-state index contributed by atoms with van der Waals surface area (Å²) in [5, 5.41) is 14.1. The van der Waals surface area contributed by atoms with E-state index in [1.165, 1.54) is 11.8 Å². The molecule has 0 aliphatic carbocycles. The molecule has 4 aromatic carbocycles. The fraction of sp³-hybridized carbons (Fsp3) is 0.0968. The van der Waals surface area contributed by atoms with Crippen molar-refractivity contribution in [2.75, 3.05) is 12.4 Å². The van der Waals surface area contributed by atoms with Crippen LogP contribution in [-0.4, -0.2) is 39.2 Å². The van der Waals surface area contributed by atoms with E-state index in [0.29, 0.717) is 22.6 Å². The van der Waals surface area contributed by atoms with Gasteiger partial charge in [-0.3, -0.25) is 9.36 Å². The van der Waals surface area contributed by atoms with E-state index >= 15 is 0 Å². The van der Waals surface area contributed by atoms with Crippen LogP contribution in [0.5, 0.6) is 5.75 Å². The van der Waals surface area contributed by atoms with Gasteiger partial charge in [-0.25, -0.2) is 5.43 Å². The van der Waals surface area contributed by atoms with E-state index in [4.69, 9.17) is 16.3 Å². The topological polar surface area (TPSA) is 81.4 Å². The average molecular weight is 568 g/mol. The minimum atomic E-state index is -0.253. The van der Waals surface area contributed by atoms with E-state index in [9.17, 15) is 4.79 Å². The summed E-state index contributed by atoms with van der Waals surface area (Å²) in [5.74, 6) is 1.27. The number of rotatable bonds is 10. The molecular weight excluding hydrogens is 542 g/mol. The van der Waals surface area contributed by atoms with Crippen LogP contribution >= 0.6 is 23.4 Å². The van der Waals surface area contributed by atoms with Crippen LogP contribution in [0.4, 0.5) is 0 Å². The molecule has 0 atom stereocenters. The SMILES string of the molecule is CCOc1ccc(-n2c(SCC(=O)N/N=C/c3ccc(-c4ccccc4)cc3)nnc2-c2ccc(Cl)cc2)cc1. The first kappa shape index (κ1) is 27.2. The lowest BCUT2D eigenvalue weighted by atomic mass is 10.0. The van der Waals surface area contributed by atoms with E-state index in [-0.39, 0.29) is 11.7 Å². The highest BCUT2D eigenvalue weighted by atomic mass is 35.5. The Morgan fingerprint density at radius 1 is 0.900 bits per heavy atom. The van der Waals surface area contributed by atoms with Crippen LogP contribution in [0.3, 0.4) is 0 Å². The molecule has 200 valence electrons. The fourth-order valence-corrected chi connectivity index (χ4v) is 4.84. The predicted molar refractivity (Wildman–Crippen MR) is 161 cm³/mol. The number of carbonyl (C=O) groups excluding carboxylic acids is 1. The Hall–Kier alpha value is -4.40. The Balaban J connectivity index is 1.26. The lowest BCUT2D eigenvalue weighted by Crippen LogP contribution is -2.20. The lowest BCUT2D eigenvalue weighted by Gasteiger charge is -2.11. The van der Waals surface area contributed by atoms with Crippen molar-refractivity contribution in [3.05, 3.63) is 114 Å². The number of nitrogens with one attached hydrogen (secondary N) is 1. The Morgan fingerprint density at radius 3 is 2.27 bits per heavy atom. The van der Waals surface area contributed by atoms with Gasteiger partial charge in [-0.05, 0) is 72.1 Å². The number of hydrogen-bond donors (Lipinski definition) is 1. The van der Waals surface area contributed by atoms with Crippen molar-refractivity contribution in [2.45, 2.75) is 12.1 Å². The Kier molecular flexibility index (Phi) is 8.90. The molecule has 5 rings (SSSR count). The summed E-state index contributed by atoms with van der Waals surface area (Å²) >= 11 is 7.36. The fourth-order valence-electron chi connectivity index (χ4n) is 3.97. The van der Waals surface area contributed by atoms with Gasteiger partial charge in [-0.15, -0.1) is 10.2 Å². The molecule has 0 aliphatic heterocycles. The number of aromatic nitrogens is 3. The largest absolute Gasteiger partial charge is 0.494 e. The van der Waals surface area contributed by atoms with Crippen molar-refractivity contribution in [3.63, 3.8) is 0 Å². The number of ether oxygens (including phenoxy) is 1. The first-order chi connectivity index (χ1) is 19.6.